The fraction of sp³-hybridized carbons (Fsp3) is 0.188. The zero-order chi connectivity index (χ0) is 15.2. The number of benzene rings is 2. The number of hydrogen-bond acceptors (Lipinski definition) is 2. The minimum absolute atomic E-state index is 0.0479. The van der Waals surface area contributed by atoms with E-state index in [9.17, 15) is 13.6 Å². The van der Waals surface area contributed by atoms with Crippen molar-refractivity contribution in [3.63, 3.8) is 0 Å². The molecule has 2 nitrogen and oxygen atoms in total. The molecule has 0 spiro atoms. The van der Waals surface area contributed by atoms with Crippen LogP contribution in [0.15, 0.2) is 47.4 Å². The molecule has 0 saturated heterocycles. The maximum Gasteiger partial charge on any atom is 0.230 e. The van der Waals surface area contributed by atoms with Gasteiger partial charge in [0.05, 0.1) is 5.75 Å². The SMILES string of the molecule is Cc1ccccc1CNC(=O)CSc1cc(F)ccc1F. The predicted octanol–water partition coefficient (Wildman–Crippen LogP) is 3.68. The lowest BCUT2D eigenvalue weighted by Crippen LogP contribution is -2.24. The number of thioether (sulfide) groups is 1. The summed E-state index contributed by atoms with van der Waals surface area (Å²) in [6.07, 6.45) is 0. The zero-order valence-corrected chi connectivity index (χ0v) is 12.3. The van der Waals surface area contributed by atoms with E-state index in [-0.39, 0.29) is 16.6 Å². The quantitative estimate of drug-likeness (QED) is 0.854. The highest BCUT2D eigenvalue weighted by Gasteiger charge is 2.08. The summed E-state index contributed by atoms with van der Waals surface area (Å²) in [5.74, 6) is -1.20. The van der Waals surface area contributed by atoms with Crippen molar-refractivity contribution in [2.75, 3.05) is 5.75 Å². The van der Waals surface area contributed by atoms with E-state index >= 15 is 0 Å². The minimum atomic E-state index is -0.520. The molecule has 1 amide bonds. The van der Waals surface area contributed by atoms with Crippen molar-refractivity contribution in [1.82, 2.24) is 5.32 Å². The Morgan fingerprint density at radius 1 is 1.19 bits per heavy atom. The molecule has 0 bridgehead atoms. The summed E-state index contributed by atoms with van der Waals surface area (Å²) >= 11 is 0.982. The standard InChI is InChI=1S/C16H15F2NOS/c1-11-4-2-3-5-12(11)9-19-16(20)10-21-15-8-13(17)6-7-14(15)18/h2-8H,9-10H2,1H3,(H,19,20). The molecule has 5 heteroatoms. The second-order valence-corrected chi connectivity index (χ2v) is 5.58. The summed E-state index contributed by atoms with van der Waals surface area (Å²) in [5, 5.41) is 2.77. The maximum absolute atomic E-state index is 13.4. The van der Waals surface area contributed by atoms with Gasteiger partial charge in [0.25, 0.3) is 0 Å². The molecular weight excluding hydrogens is 292 g/mol. The van der Waals surface area contributed by atoms with Gasteiger partial charge in [0.15, 0.2) is 0 Å². The second kappa shape index (κ2) is 7.22. The highest BCUT2D eigenvalue weighted by molar-refractivity contribution is 8.00. The first-order chi connectivity index (χ1) is 10.1. The number of halogens is 2. The first-order valence-electron chi connectivity index (χ1n) is 6.45. The van der Waals surface area contributed by atoms with Gasteiger partial charge in [0.2, 0.25) is 5.91 Å². The first kappa shape index (κ1) is 15.5. The molecule has 1 N–H and O–H groups in total. The van der Waals surface area contributed by atoms with Crippen molar-refractivity contribution < 1.29 is 13.6 Å². The number of amides is 1. The Morgan fingerprint density at radius 3 is 2.71 bits per heavy atom. The molecule has 2 aromatic rings. The molecule has 0 aliphatic heterocycles. The van der Waals surface area contributed by atoms with Gasteiger partial charge >= 0.3 is 0 Å². The molecule has 2 rings (SSSR count). The van der Waals surface area contributed by atoms with Crippen molar-refractivity contribution in [2.45, 2.75) is 18.4 Å². The Hall–Kier alpha value is -1.88. The van der Waals surface area contributed by atoms with Crippen LogP contribution < -0.4 is 5.32 Å². The van der Waals surface area contributed by atoms with Crippen LogP contribution in [-0.2, 0) is 11.3 Å². The fourth-order valence-electron chi connectivity index (χ4n) is 1.78. The molecule has 0 fully saturated rings. The van der Waals surface area contributed by atoms with Crippen LogP contribution in [0.2, 0.25) is 0 Å². The Balaban J connectivity index is 1.85. The van der Waals surface area contributed by atoms with E-state index in [4.69, 9.17) is 0 Å². The third-order valence-corrected chi connectivity index (χ3v) is 4.02. The summed E-state index contributed by atoms with van der Waals surface area (Å²) in [7, 11) is 0. The van der Waals surface area contributed by atoms with Gasteiger partial charge in [-0.05, 0) is 36.2 Å². The second-order valence-electron chi connectivity index (χ2n) is 4.57. The molecular formula is C16H15F2NOS. The van der Waals surface area contributed by atoms with Crippen LogP contribution >= 0.6 is 11.8 Å². The van der Waals surface area contributed by atoms with E-state index < -0.39 is 11.6 Å². The smallest absolute Gasteiger partial charge is 0.230 e. The number of nitrogens with one attached hydrogen (secondary N) is 1. The lowest BCUT2D eigenvalue weighted by atomic mass is 10.1. The van der Waals surface area contributed by atoms with Crippen molar-refractivity contribution >= 4 is 17.7 Å². The summed E-state index contributed by atoms with van der Waals surface area (Å²) in [5.41, 5.74) is 2.13. The summed E-state index contributed by atoms with van der Waals surface area (Å²) < 4.78 is 26.4. The number of carbonyl (C=O) groups is 1. The third-order valence-electron chi connectivity index (χ3n) is 2.99. The van der Waals surface area contributed by atoms with E-state index in [1.54, 1.807) is 0 Å². The Morgan fingerprint density at radius 2 is 1.95 bits per heavy atom. The van der Waals surface area contributed by atoms with Crippen molar-refractivity contribution in [2.24, 2.45) is 0 Å². The lowest BCUT2D eigenvalue weighted by molar-refractivity contribution is -0.118. The van der Waals surface area contributed by atoms with Crippen molar-refractivity contribution in [3.05, 3.63) is 65.2 Å². The van der Waals surface area contributed by atoms with Crippen molar-refractivity contribution in [1.29, 1.82) is 0 Å². The maximum atomic E-state index is 13.4. The molecule has 21 heavy (non-hydrogen) atoms. The fourth-order valence-corrected chi connectivity index (χ4v) is 2.57. The largest absolute Gasteiger partial charge is 0.351 e. The Labute approximate surface area is 126 Å². The van der Waals surface area contributed by atoms with Crippen LogP contribution in [0.1, 0.15) is 11.1 Å². The number of rotatable bonds is 5. The van der Waals surface area contributed by atoms with Crippen LogP contribution in [0.5, 0.6) is 0 Å². The number of carbonyl (C=O) groups excluding carboxylic acids is 1. The molecule has 0 atom stereocenters. The van der Waals surface area contributed by atoms with Crippen LogP contribution in [0, 0.1) is 18.6 Å². The van der Waals surface area contributed by atoms with Gasteiger partial charge in [0.1, 0.15) is 11.6 Å². The molecule has 0 aliphatic rings. The van der Waals surface area contributed by atoms with Crippen LogP contribution in [0.3, 0.4) is 0 Å². The van der Waals surface area contributed by atoms with E-state index in [2.05, 4.69) is 5.32 Å². The molecule has 0 radical (unpaired) electrons. The molecule has 0 unspecified atom stereocenters. The molecule has 0 aliphatic carbocycles. The van der Waals surface area contributed by atoms with Crippen LogP contribution in [-0.4, -0.2) is 11.7 Å². The zero-order valence-electron chi connectivity index (χ0n) is 11.5. The number of aryl methyl sites for hydroxylation is 1. The molecule has 0 heterocycles. The van der Waals surface area contributed by atoms with Gasteiger partial charge in [-0.3, -0.25) is 4.79 Å². The normalized spacial score (nSPS) is 10.4. The Kier molecular flexibility index (Phi) is 5.33. The van der Waals surface area contributed by atoms with E-state index in [0.717, 1.165) is 41.1 Å². The molecule has 2 aromatic carbocycles. The van der Waals surface area contributed by atoms with Gasteiger partial charge in [-0.1, -0.05) is 24.3 Å². The van der Waals surface area contributed by atoms with Gasteiger partial charge < -0.3 is 5.32 Å². The molecule has 110 valence electrons. The first-order valence-corrected chi connectivity index (χ1v) is 7.44. The highest BCUT2D eigenvalue weighted by atomic mass is 32.2. The highest BCUT2D eigenvalue weighted by Crippen LogP contribution is 2.22. The number of hydrogen-bond donors (Lipinski definition) is 1. The van der Waals surface area contributed by atoms with Crippen molar-refractivity contribution in [3.8, 4) is 0 Å². The molecule has 0 aromatic heterocycles. The van der Waals surface area contributed by atoms with Crippen LogP contribution in [0.25, 0.3) is 0 Å². The monoisotopic (exact) mass is 307 g/mol. The van der Waals surface area contributed by atoms with Gasteiger partial charge in [-0.25, -0.2) is 8.78 Å². The van der Waals surface area contributed by atoms with Gasteiger partial charge in [0, 0.05) is 11.4 Å². The summed E-state index contributed by atoms with van der Waals surface area (Å²) in [6, 6.07) is 11.0. The average Bonchev–Trinajstić information content (AvgIpc) is 2.47. The lowest BCUT2D eigenvalue weighted by Gasteiger charge is -2.08. The third kappa shape index (κ3) is 4.56. The summed E-state index contributed by atoms with van der Waals surface area (Å²) in [4.78, 5) is 11.9. The molecule has 0 saturated carbocycles. The average molecular weight is 307 g/mol. The summed E-state index contributed by atoms with van der Waals surface area (Å²) in [6.45, 7) is 2.40. The topological polar surface area (TPSA) is 29.1 Å². The van der Waals surface area contributed by atoms with Crippen LogP contribution in [0.4, 0.5) is 8.78 Å². The van der Waals surface area contributed by atoms with E-state index in [1.165, 1.54) is 0 Å². The van der Waals surface area contributed by atoms with E-state index in [1.807, 2.05) is 31.2 Å². The van der Waals surface area contributed by atoms with Gasteiger partial charge in [-0.15, -0.1) is 11.8 Å². The Bertz CT molecular complexity index is 646. The van der Waals surface area contributed by atoms with E-state index in [0.29, 0.717) is 6.54 Å². The predicted molar refractivity (Wildman–Crippen MR) is 80.1 cm³/mol. The minimum Gasteiger partial charge on any atom is -0.351 e. The van der Waals surface area contributed by atoms with Gasteiger partial charge in [-0.2, -0.15) is 0 Å².